The summed E-state index contributed by atoms with van der Waals surface area (Å²) in [4.78, 5) is 2.76. The fraction of sp³-hybridized carbons (Fsp3) is 0.176. The highest BCUT2D eigenvalue weighted by Crippen LogP contribution is 2.41. The largest absolute Gasteiger partial charge is 0.143 e. The Morgan fingerprint density at radius 3 is 2.21 bits per heavy atom. The highest BCUT2D eigenvalue weighted by Gasteiger charge is 2.14. The summed E-state index contributed by atoms with van der Waals surface area (Å²) in [5, 5.41) is 4.34. The molecule has 0 N–H and O–H groups in total. The number of benzene rings is 1. The maximum absolute atomic E-state index is 2.28. The van der Waals surface area contributed by atoms with Crippen LogP contribution in [0.25, 0.3) is 20.9 Å². The molecular weight excluding hydrogens is 268 g/mol. The summed E-state index contributed by atoms with van der Waals surface area (Å²) >= 11 is 3.65. The van der Waals surface area contributed by atoms with Gasteiger partial charge < -0.3 is 0 Å². The summed E-state index contributed by atoms with van der Waals surface area (Å²) in [6.07, 6.45) is 0. The van der Waals surface area contributed by atoms with Crippen LogP contribution in [0.1, 0.15) is 16.7 Å². The van der Waals surface area contributed by atoms with E-state index < -0.39 is 0 Å². The highest BCUT2D eigenvalue weighted by atomic mass is 32.1. The fourth-order valence-electron chi connectivity index (χ4n) is 2.71. The average Bonchev–Trinajstić information content (AvgIpc) is 2.96. The summed E-state index contributed by atoms with van der Waals surface area (Å²) in [7, 11) is 0. The third-order valence-corrected chi connectivity index (χ3v) is 5.32. The molecule has 0 radical (unpaired) electrons. The Labute approximate surface area is 122 Å². The van der Waals surface area contributed by atoms with Crippen molar-refractivity contribution in [3.05, 3.63) is 57.8 Å². The number of rotatable bonds is 2. The van der Waals surface area contributed by atoms with Crippen molar-refractivity contribution in [2.75, 3.05) is 0 Å². The van der Waals surface area contributed by atoms with Gasteiger partial charge in [0, 0.05) is 10.4 Å². The average molecular weight is 284 g/mol. The van der Waals surface area contributed by atoms with Crippen LogP contribution < -0.4 is 0 Å². The first-order chi connectivity index (χ1) is 9.16. The molecule has 0 aliphatic rings. The van der Waals surface area contributed by atoms with Gasteiger partial charge in [-0.25, -0.2) is 0 Å². The van der Waals surface area contributed by atoms with Gasteiger partial charge in [0.05, 0.1) is 4.88 Å². The van der Waals surface area contributed by atoms with Crippen molar-refractivity contribution < 1.29 is 0 Å². The Balaban J connectivity index is 2.22. The van der Waals surface area contributed by atoms with E-state index in [9.17, 15) is 0 Å². The molecule has 0 atom stereocenters. The molecule has 19 heavy (non-hydrogen) atoms. The van der Waals surface area contributed by atoms with Crippen molar-refractivity contribution in [3.63, 3.8) is 0 Å². The van der Waals surface area contributed by atoms with E-state index in [1.165, 1.54) is 37.6 Å². The van der Waals surface area contributed by atoms with Gasteiger partial charge in [0.25, 0.3) is 0 Å². The van der Waals surface area contributed by atoms with Crippen molar-refractivity contribution in [1.82, 2.24) is 0 Å². The SMILES string of the molecule is Cc1cc(C)c(-c2ccsc2-c2cccs2)c(C)c1. The van der Waals surface area contributed by atoms with Crippen LogP contribution in [0.15, 0.2) is 41.1 Å². The molecule has 2 aromatic heterocycles. The predicted molar refractivity (Wildman–Crippen MR) is 87.3 cm³/mol. The maximum atomic E-state index is 2.28. The molecule has 0 unspecified atom stereocenters. The quantitative estimate of drug-likeness (QED) is 0.536. The molecule has 0 amide bonds. The standard InChI is InChI=1S/C17H16S2/c1-11-9-12(2)16(13(3)10-11)14-6-8-19-17(14)15-5-4-7-18-15/h4-10H,1-3H3. The zero-order valence-corrected chi connectivity index (χ0v) is 13.0. The number of hydrogen-bond donors (Lipinski definition) is 0. The molecule has 0 aliphatic heterocycles. The number of thiophene rings is 2. The molecule has 2 heterocycles. The summed E-state index contributed by atoms with van der Waals surface area (Å²) in [5.41, 5.74) is 6.85. The summed E-state index contributed by atoms with van der Waals surface area (Å²) in [5.74, 6) is 0. The van der Waals surface area contributed by atoms with Crippen molar-refractivity contribution in [1.29, 1.82) is 0 Å². The van der Waals surface area contributed by atoms with Crippen LogP contribution >= 0.6 is 22.7 Å². The summed E-state index contributed by atoms with van der Waals surface area (Å²) < 4.78 is 0. The Kier molecular flexibility index (Phi) is 3.29. The third kappa shape index (κ3) is 2.26. The fourth-order valence-corrected chi connectivity index (χ4v) is 4.50. The van der Waals surface area contributed by atoms with Gasteiger partial charge in [0.2, 0.25) is 0 Å². The third-order valence-electron chi connectivity index (χ3n) is 3.36. The van der Waals surface area contributed by atoms with Gasteiger partial charge in [-0.15, -0.1) is 22.7 Å². The topological polar surface area (TPSA) is 0 Å². The lowest BCUT2D eigenvalue weighted by Gasteiger charge is -2.12. The number of hydrogen-bond acceptors (Lipinski definition) is 2. The van der Waals surface area contributed by atoms with Crippen molar-refractivity contribution in [3.8, 4) is 20.9 Å². The van der Waals surface area contributed by atoms with Gasteiger partial charge in [-0.1, -0.05) is 23.8 Å². The molecule has 3 aromatic rings. The van der Waals surface area contributed by atoms with Crippen LogP contribution in [0.5, 0.6) is 0 Å². The van der Waals surface area contributed by atoms with Crippen LogP contribution in [0, 0.1) is 20.8 Å². The Morgan fingerprint density at radius 1 is 0.842 bits per heavy atom. The molecule has 2 heteroatoms. The Hall–Kier alpha value is -1.38. The molecule has 1 aromatic carbocycles. The van der Waals surface area contributed by atoms with Gasteiger partial charge in [-0.3, -0.25) is 0 Å². The Morgan fingerprint density at radius 2 is 1.58 bits per heavy atom. The van der Waals surface area contributed by atoms with Crippen LogP contribution in [0.3, 0.4) is 0 Å². The van der Waals surface area contributed by atoms with E-state index in [1.54, 1.807) is 0 Å². The van der Waals surface area contributed by atoms with Crippen LogP contribution in [0.4, 0.5) is 0 Å². The van der Waals surface area contributed by atoms with Gasteiger partial charge in [0.1, 0.15) is 0 Å². The smallest absolute Gasteiger partial charge is 0.0521 e. The molecule has 0 saturated carbocycles. The molecule has 0 spiro atoms. The van der Waals surface area contributed by atoms with Crippen LogP contribution in [-0.2, 0) is 0 Å². The molecule has 0 saturated heterocycles. The van der Waals surface area contributed by atoms with E-state index in [0.29, 0.717) is 0 Å². The monoisotopic (exact) mass is 284 g/mol. The lowest BCUT2D eigenvalue weighted by molar-refractivity contribution is 1.32. The van der Waals surface area contributed by atoms with Crippen LogP contribution in [-0.4, -0.2) is 0 Å². The first-order valence-electron chi connectivity index (χ1n) is 6.36. The van der Waals surface area contributed by atoms with Crippen molar-refractivity contribution in [2.24, 2.45) is 0 Å². The van der Waals surface area contributed by atoms with E-state index in [2.05, 4.69) is 61.9 Å². The zero-order valence-electron chi connectivity index (χ0n) is 11.4. The van der Waals surface area contributed by atoms with Crippen molar-refractivity contribution >= 4 is 22.7 Å². The summed E-state index contributed by atoms with van der Waals surface area (Å²) in [6, 6.07) is 11.1. The van der Waals surface area contributed by atoms with E-state index in [0.717, 1.165) is 0 Å². The molecule has 0 aliphatic carbocycles. The first-order valence-corrected chi connectivity index (χ1v) is 8.12. The predicted octanol–water partition coefficient (Wildman–Crippen LogP) is 6.07. The minimum Gasteiger partial charge on any atom is -0.143 e. The van der Waals surface area contributed by atoms with Gasteiger partial charge >= 0.3 is 0 Å². The molecular formula is C17H16S2. The minimum atomic E-state index is 1.34. The lowest BCUT2D eigenvalue weighted by atomic mass is 9.94. The van der Waals surface area contributed by atoms with E-state index in [-0.39, 0.29) is 0 Å². The van der Waals surface area contributed by atoms with Gasteiger partial charge in [-0.2, -0.15) is 0 Å². The normalized spacial score (nSPS) is 10.9. The molecule has 0 nitrogen and oxygen atoms in total. The highest BCUT2D eigenvalue weighted by molar-refractivity contribution is 7.20. The minimum absolute atomic E-state index is 1.34. The van der Waals surface area contributed by atoms with E-state index >= 15 is 0 Å². The van der Waals surface area contributed by atoms with Gasteiger partial charge in [0.15, 0.2) is 0 Å². The summed E-state index contributed by atoms with van der Waals surface area (Å²) in [6.45, 7) is 6.59. The van der Waals surface area contributed by atoms with Crippen LogP contribution in [0.2, 0.25) is 0 Å². The zero-order chi connectivity index (χ0) is 13.4. The first kappa shape index (κ1) is 12.6. The second-order valence-electron chi connectivity index (χ2n) is 4.91. The molecule has 3 rings (SSSR count). The van der Waals surface area contributed by atoms with E-state index in [1.807, 2.05) is 22.7 Å². The van der Waals surface area contributed by atoms with Crippen molar-refractivity contribution in [2.45, 2.75) is 20.8 Å². The van der Waals surface area contributed by atoms with E-state index in [4.69, 9.17) is 0 Å². The molecule has 0 bridgehead atoms. The van der Waals surface area contributed by atoms with Gasteiger partial charge in [-0.05, 0) is 60.4 Å². The Bertz CT molecular complexity index is 680. The second kappa shape index (κ2) is 4.95. The number of aryl methyl sites for hydroxylation is 3. The lowest BCUT2D eigenvalue weighted by Crippen LogP contribution is -1.89. The molecule has 96 valence electrons. The maximum Gasteiger partial charge on any atom is 0.0521 e. The molecule has 0 fully saturated rings. The second-order valence-corrected chi connectivity index (χ2v) is 6.78.